The number of nitrogens with two attached hydrogens (primary N) is 1. The van der Waals surface area contributed by atoms with Crippen LogP contribution in [0.3, 0.4) is 0 Å². The normalized spacial score (nSPS) is 20.3. The number of quaternary nitrogens is 1. The number of nitrogens with zero attached hydrogens (tertiary/aromatic N) is 4. The summed E-state index contributed by atoms with van der Waals surface area (Å²) < 4.78 is 10.9. The maximum Gasteiger partial charge on any atom is 0.308 e. The molecule has 1 aromatic heterocycles. The van der Waals surface area contributed by atoms with Gasteiger partial charge >= 0.3 is 11.9 Å². The lowest BCUT2D eigenvalue weighted by molar-refractivity contribution is -0.924. The third-order valence-electron chi connectivity index (χ3n) is 7.14. The topological polar surface area (TPSA) is 203 Å². The van der Waals surface area contributed by atoms with Crippen molar-refractivity contribution in [3.8, 4) is 11.5 Å². The van der Waals surface area contributed by atoms with Gasteiger partial charge in [0.25, 0.3) is 11.8 Å². The number of carbonyl (C=O) groups excluding carboxylic acids is 5. The minimum absolute atomic E-state index is 0.113. The van der Waals surface area contributed by atoms with Gasteiger partial charge in [-0.3, -0.25) is 24.1 Å². The molecule has 1 unspecified atom stereocenters. The van der Waals surface area contributed by atoms with Crippen LogP contribution in [0.4, 0.5) is 5.13 Å². The Labute approximate surface area is 259 Å². The highest BCUT2D eigenvalue weighted by atomic mass is 32.2. The van der Waals surface area contributed by atoms with E-state index in [4.69, 9.17) is 20.0 Å². The van der Waals surface area contributed by atoms with E-state index in [1.807, 2.05) is 7.05 Å². The number of fused-ring (bicyclic) bond motifs is 2. The number of nitrogens with one attached hydrogen (secondary N) is 1. The molecule has 232 valence electrons. The number of ether oxygens (including phenoxy) is 2. The predicted molar refractivity (Wildman–Crippen MR) is 155 cm³/mol. The van der Waals surface area contributed by atoms with Gasteiger partial charge in [0.2, 0.25) is 0 Å². The summed E-state index contributed by atoms with van der Waals surface area (Å²) in [5.41, 5.74) is 7.63. The van der Waals surface area contributed by atoms with E-state index < -0.39 is 41.1 Å². The zero-order valence-corrected chi connectivity index (χ0v) is 25.7. The molecule has 3 aliphatic rings. The molecule has 44 heavy (non-hydrogen) atoms. The summed E-state index contributed by atoms with van der Waals surface area (Å²) in [5.74, 6) is -3.48. The minimum atomic E-state index is -1.50. The number of esters is 2. The summed E-state index contributed by atoms with van der Waals surface area (Å²) in [4.78, 5) is 71.9. The molecule has 1 fully saturated rings. The van der Waals surface area contributed by atoms with Gasteiger partial charge in [0, 0.05) is 41.7 Å². The standard InChI is InChI=1S/C27H28N6O9S2/c1-12(34)41-18-5-14-7-33(3,8-15(14)6-19(18)42-13(2)35)9-16-10-43-25-21(24(37)32(25)22(16)26(38)39)30-23(36)20(31-40-4)17-11-44-27(28)29-17/h5-6,11,21,25H,7-10H2,1-4H3,(H3-,28,29,30,36,38,39)/b31-20-/t21?,25-/m1/s1. The predicted octanol–water partition coefficient (Wildman–Crippen LogP) is -0.509. The van der Waals surface area contributed by atoms with Crippen molar-refractivity contribution in [2.75, 3.05) is 32.2 Å². The van der Waals surface area contributed by atoms with Gasteiger partial charge in [-0.1, -0.05) is 5.16 Å². The Hall–Kier alpha value is -4.48. The lowest BCUT2D eigenvalue weighted by Gasteiger charge is -2.51. The number of nitrogen functional groups attached to an aromatic ring is 1. The molecule has 1 aromatic carbocycles. The molecule has 3 aliphatic heterocycles. The first-order chi connectivity index (χ1) is 20.8. The lowest BCUT2D eigenvalue weighted by atomic mass is 10.0. The number of rotatable bonds is 9. The van der Waals surface area contributed by atoms with Crippen LogP contribution < -0.4 is 25.6 Å². The molecule has 5 rings (SSSR count). The van der Waals surface area contributed by atoms with Gasteiger partial charge in [-0.2, -0.15) is 0 Å². The van der Waals surface area contributed by atoms with E-state index in [-0.39, 0.29) is 46.0 Å². The van der Waals surface area contributed by atoms with E-state index in [2.05, 4.69) is 15.5 Å². The second-order valence-electron chi connectivity index (χ2n) is 10.6. The Morgan fingerprint density at radius 1 is 1.16 bits per heavy atom. The van der Waals surface area contributed by atoms with E-state index in [1.165, 1.54) is 38.1 Å². The van der Waals surface area contributed by atoms with Gasteiger partial charge in [0.15, 0.2) is 22.3 Å². The number of carbonyl (C=O) groups is 5. The number of thiazole rings is 1. The fraction of sp³-hybridized carbons (Fsp3) is 0.370. The van der Waals surface area contributed by atoms with Crippen molar-refractivity contribution < 1.29 is 47.9 Å². The van der Waals surface area contributed by atoms with Crippen molar-refractivity contribution in [1.29, 1.82) is 0 Å². The summed E-state index contributed by atoms with van der Waals surface area (Å²) in [6, 6.07) is 2.28. The number of β-lactam (4-membered cyclic amide) rings is 1. The summed E-state index contributed by atoms with van der Waals surface area (Å²) in [6.45, 7) is 3.65. The number of carboxylic acids is 1. The maximum absolute atomic E-state index is 13.2. The van der Waals surface area contributed by atoms with Crippen LogP contribution in [0.25, 0.3) is 0 Å². The largest absolute Gasteiger partial charge is 0.543 e. The molecular weight excluding hydrogens is 616 g/mol. The monoisotopic (exact) mass is 644 g/mol. The molecule has 4 heterocycles. The molecule has 0 bridgehead atoms. The van der Waals surface area contributed by atoms with Crippen molar-refractivity contribution >= 4 is 63.7 Å². The Kier molecular flexibility index (Phi) is 8.37. The molecular formula is C27H28N6O9S2. The summed E-state index contributed by atoms with van der Waals surface area (Å²) in [5, 5.41) is 19.8. The molecule has 2 amide bonds. The first-order valence-electron chi connectivity index (χ1n) is 13.2. The lowest BCUT2D eigenvalue weighted by Crippen LogP contribution is -2.71. The zero-order valence-electron chi connectivity index (χ0n) is 24.1. The van der Waals surface area contributed by atoms with Gasteiger partial charge in [-0.05, 0) is 12.1 Å². The maximum atomic E-state index is 13.2. The van der Waals surface area contributed by atoms with Gasteiger partial charge in [0.1, 0.15) is 43.9 Å². The van der Waals surface area contributed by atoms with Gasteiger partial charge < -0.3 is 39.7 Å². The van der Waals surface area contributed by atoms with E-state index in [0.717, 1.165) is 27.4 Å². The van der Waals surface area contributed by atoms with Crippen LogP contribution in [-0.2, 0) is 41.9 Å². The summed E-state index contributed by atoms with van der Waals surface area (Å²) >= 11 is 2.42. The van der Waals surface area contributed by atoms with Gasteiger partial charge in [-0.15, -0.1) is 23.1 Å². The number of amides is 2. The number of carboxylic acid groups (broad SMARTS) is 1. The molecule has 15 nitrogen and oxygen atoms in total. The number of oxime groups is 1. The molecule has 2 atom stereocenters. The SMILES string of the molecule is CO/N=C(\C(=O)NC1C(=O)N2C(C(=O)[O-])=C(C[N+]3(C)Cc4cc(OC(C)=O)c(OC(C)=O)cc4C3)CS[C@H]12)c1csc(N)n1. The molecule has 0 saturated carbocycles. The summed E-state index contributed by atoms with van der Waals surface area (Å²) in [6.07, 6.45) is 0. The molecule has 1 saturated heterocycles. The second-order valence-corrected chi connectivity index (χ2v) is 12.6. The molecule has 3 N–H and O–H groups in total. The smallest absolute Gasteiger partial charge is 0.308 e. The molecule has 0 aliphatic carbocycles. The number of likely N-dealkylation sites (N-methyl/N-ethyl adjacent to an activating group) is 1. The second kappa shape index (κ2) is 11.9. The highest BCUT2D eigenvalue weighted by Gasteiger charge is 2.54. The third-order valence-corrected chi connectivity index (χ3v) is 9.15. The number of anilines is 1. The number of hydrogen-bond acceptors (Lipinski definition) is 14. The number of aromatic nitrogens is 1. The average molecular weight is 645 g/mol. The van der Waals surface area contributed by atoms with Gasteiger partial charge in [0.05, 0.1) is 18.7 Å². The van der Waals surface area contributed by atoms with Crippen molar-refractivity contribution in [2.45, 2.75) is 38.4 Å². The first-order valence-corrected chi connectivity index (χ1v) is 15.1. The first kappa shape index (κ1) is 31.0. The van der Waals surface area contributed by atoms with Crippen LogP contribution in [0.15, 0.2) is 33.9 Å². The van der Waals surface area contributed by atoms with Gasteiger partial charge in [-0.25, -0.2) is 4.98 Å². The minimum Gasteiger partial charge on any atom is -0.543 e. The summed E-state index contributed by atoms with van der Waals surface area (Å²) in [7, 11) is 3.19. The van der Waals surface area contributed by atoms with Crippen LogP contribution in [0, 0.1) is 0 Å². The highest BCUT2D eigenvalue weighted by molar-refractivity contribution is 8.00. The van der Waals surface area contributed by atoms with E-state index in [9.17, 15) is 29.1 Å². The Balaban J connectivity index is 1.35. The molecule has 2 aromatic rings. The van der Waals surface area contributed by atoms with Crippen LogP contribution >= 0.6 is 23.1 Å². The zero-order chi connectivity index (χ0) is 31.9. The van der Waals surface area contributed by atoms with E-state index in [1.54, 1.807) is 12.1 Å². The highest BCUT2D eigenvalue weighted by Crippen LogP contribution is 2.43. The fourth-order valence-corrected chi connectivity index (χ4v) is 7.44. The average Bonchev–Trinajstić information content (AvgIpc) is 3.50. The number of benzene rings is 1. The molecule has 17 heteroatoms. The van der Waals surface area contributed by atoms with E-state index in [0.29, 0.717) is 23.1 Å². The molecule has 0 spiro atoms. The van der Waals surface area contributed by atoms with Crippen LogP contribution in [-0.4, -0.2) is 87.7 Å². The van der Waals surface area contributed by atoms with E-state index >= 15 is 0 Å². The van der Waals surface area contributed by atoms with Crippen molar-refractivity contribution in [3.05, 3.63) is 45.6 Å². The van der Waals surface area contributed by atoms with Crippen LogP contribution in [0.1, 0.15) is 30.7 Å². The Morgan fingerprint density at radius 3 is 2.27 bits per heavy atom. The number of thioether (sulfide) groups is 1. The van der Waals surface area contributed by atoms with Crippen molar-refractivity contribution in [2.24, 2.45) is 5.16 Å². The third kappa shape index (κ3) is 5.97. The fourth-order valence-electron chi connectivity index (χ4n) is 5.55. The number of aliphatic carboxylic acids is 1. The van der Waals surface area contributed by atoms with Crippen LogP contribution in [0.5, 0.6) is 11.5 Å². The Bertz CT molecular complexity index is 1610. The quantitative estimate of drug-likeness (QED) is 0.0885. The van der Waals surface area contributed by atoms with Crippen LogP contribution in [0.2, 0.25) is 0 Å². The van der Waals surface area contributed by atoms with Crippen molar-refractivity contribution in [3.63, 3.8) is 0 Å². The van der Waals surface area contributed by atoms with Crippen molar-refractivity contribution in [1.82, 2.24) is 15.2 Å². The molecule has 0 radical (unpaired) electrons. The number of hydrogen-bond donors (Lipinski definition) is 2. The Morgan fingerprint density at radius 2 is 1.77 bits per heavy atom.